The molecule has 0 atom stereocenters. The average Bonchev–Trinajstić information content (AvgIpc) is 2.35. The second-order valence-corrected chi connectivity index (χ2v) is 3.73. The zero-order chi connectivity index (χ0) is 12.3. The summed E-state index contributed by atoms with van der Waals surface area (Å²) < 4.78 is 29.3. The second-order valence-electron chi connectivity index (χ2n) is 3.46. The summed E-state index contributed by atoms with van der Waals surface area (Å²) in [5, 5.41) is 0.710. The molecule has 0 spiro atoms. The molecule has 90 valence electrons. The molecule has 0 bridgehead atoms. The largest absolute Gasteiger partial charge is 0.487 e. The summed E-state index contributed by atoms with van der Waals surface area (Å²) in [4.78, 5) is 4.28. The number of benzene rings is 1. The Balaban J connectivity index is 2.43. The first kappa shape index (κ1) is 12.0. The Morgan fingerprint density at radius 1 is 1.29 bits per heavy atom. The second kappa shape index (κ2) is 5.27. The molecule has 1 aromatic heterocycles. The number of halogens is 3. The molecular weight excluding hydrogens is 248 g/mol. The van der Waals surface area contributed by atoms with Crippen LogP contribution in [0.3, 0.4) is 0 Å². The molecule has 17 heavy (non-hydrogen) atoms. The molecule has 1 aromatic carbocycles. The SMILES string of the molecule is FC(F)COc1cc(CCl)nc2ccccc12. The zero-order valence-corrected chi connectivity index (χ0v) is 9.62. The summed E-state index contributed by atoms with van der Waals surface area (Å²) in [5.74, 6) is 0.613. The van der Waals surface area contributed by atoms with Crippen molar-refractivity contribution in [1.29, 1.82) is 0 Å². The summed E-state index contributed by atoms with van der Waals surface area (Å²) in [6.45, 7) is -0.629. The molecule has 2 rings (SSSR count). The van der Waals surface area contributed by atoms with Gasteiger partial charge in [-0.15, -0.1) is 11.6 Å². The smallest absolute Gasteiger partial charge is 0.272 e. The Bertz CT molecular complexity index is 519. The molecule has 0 radical (unpaired) electrons. The van der Waals surface area contributed by atoms with Crippen LogP contribution in [0.4, 0.5) is 8.78 Å². The van der Waals surface area contributed by atoms with Gasteiger partial charge in [0.15, 0.2) is 0 Å². The predicted molar refractivity (Wildman–Crippen MR) is 62.8 cm³/mol. The van der Waals surface area contributed by atoms with E-state index in [1.807, 2.05) is 6.07 Å². The summed E-state index contributed by atoms with van der Waals surface area (Å²) in [7, 11) is 0. The zero-order valence-electron chi connectivity index (χ0n) is 8.87. The van der Waals surface area contributed by atoms with Gasteiger partial charge in [-0.2, -0.15) is 0 Å². The lowest BCUT2D eigenvalue weighted by atomic mass is 10.2. The molecular formula is C12H10ClF2NO. The lowest BCUT2D eigenvalue weighted by Crippen LogP contribution is -2.07. The van der Waals surface area contributed by atoms with Gasteiger partial charge >= 0.3 is 0 Å². The molecule has 0 aliphatic carbocycles. The summed E-state index contributed by atoms with van der Waals surface area (Å²) in [6, 6.07) is 8.79. The van der Waals surface area contributed by atoms with Gasteiger partial charge in [-0.1, -0.05) is 12.1 Å². The normalized spacial score (nSPS) is 11.1. The first-order chi connectivity index (χ1) is 8.20. The molecule has 0 amide bonds. The Hall–Kier alpha value is -1.42. The maximum absolute atomic E-state index is 12.1. The molecule has 0 fully saturated rings. The molecule has 1 heterocycles. The van der Waals surface area contributed by atoms with E-state index >= 15 is 0 Å². The molecule has 0 aliphatic heterocycles. The van der Waals surface area contributed by atoms with E-state index in [9.17, 15) is 8.78 Å². The lowest BCUT2D eigenvalue weighted by Gasteiger charge is -2.10. The van der Waals surface area contributed by atoms with Gasteiger partial charge in [0.1, 0.15) is 12.4 Å². The average molecular weight is 258 g/mol. The quantitative estimate of drug-likeness (QED) is 0.781. The molecule has 0 N–H and O–H groups in total. The lowest BCUT2D eigenvalue weighted by molar-refractivity contribution is 0.0826. The number of nitrogens with zero attached hydrogens (tertiary/aromatic N) is 1. The van der Waals surface area contributed by atoms with Crippen molar-refractivity contribution in [3.8, 4) is 5.75 Å². The van der Waals surface area contributed by atoms with Gasteiger partial charge in [-0.05, 0) is 12.1 Å². The van der Waals surface area contributed by atoms with Gasteiger partial charge in [-0.3, -0.25) is 4.98 Å². The molecule has 2 aromatic rings. The number of rotatable bonds is 4. The summed E-state index contributed by atoms with van der Waals surface area (Å²) >= 11 is 5.70. The topological polar surface area (TPSA) is 22.1 Å². The van der Waals surface area contributed by atoms with Crippen LogP contribution in [-0.4, -0.2) is 18.0 Å². The van der Waals surface area contributed by atoms with Crippen LogP contribution in [0.1, 0.15) is 5.69 Å². The van der Waals surface area contributed by atoms with Crippen LogP contribution in [0.5, 0.6) is 5.75 Å². The van der Waals surface area contributed by atoms with E-state index in [-0.39, 0.29) is 5.88 Å². The number of hydrogen-bond acceptors (Lipinski definition) is 2. The van der Waals surface area contributed by atoms with Gasteiger partial charge in [0.2, 0.25) is 0 Å². The first-order valence-corrected chi connectivity index (χ1v) is 5.59. The highest BCUT2D eigenvalue weighted by Crippen LogP contribution is 2.26. The Labute approximate surface area is 102 Å². The number of hydrogen-bond donors (Lipinski definition) is 0. The fourth-order valence-electron chi connectivity index (χ4n) is 1.54. The first-order valence-electron chi connectivity index (χ1n) is 5.06. The maximum Gasteiger partial charge on any atom is 0.272 e. The number of pyridine rings is 1. The van der Waals surface area contributed by atoms with Crippen LogP contribution in [0.15, 0.2) is 30.3 Å². The fraction of sp³-hybridized carbons (Fsp3) is 0.250. The van der Waals surface area contributed by atoms with E-state index in [0.717, 1.165) is 0 Å². The third-order valence-corrected chi connectivity index (χ3v) is 2.51. The van der Waals surface area contributed by atoms with Crippen molar-refractivity contribution in [2.45, 2.75) is 12.3 Å². The van der Waals surface area contributed by atoms with E-state index < -0.39 is 13.0 Å². The molecule has 2 nitrogen and oxygen atoms in total. The van der Waals surface area contributed by atoms with Crippen molar-refractivity contribution in [1.82, 2.24) is 4.98 Å². The number of para-hydroxylation sites is 1. The number of fused-ring (bicyclic) bond motifs is 1. The van der Waals surface area contributed by atoms with E-state index in [2.05, 4.69) is 4.98 Å². The number of alkyl halides is 3. The molecule has 5 heteroatoms. The highest BCUT2D eigenvalue weighted by Gasteiger charge is 2.09. The minimum atomic E-state index is -2.50. The van der Waals surface area contributed by atoms with Gasteiger partial charge < -0.3 is 4.74 Å². The highest BCUT2D eigenvalue weighted by atomic mass is 35.5. The Morgan fingerprint density at radius 3 is 2.76 bits per heavy atom. The van der Waals surface area contributed by atoms with Crippen molar-refractivity contribution < 1.29 is 13.5 Å². The molecule has 0 saturated carbocycles. The monoisotopic (exact) mass is 257 g/mol. The highest BCUT2D eigenvalue weighted by molar-refractivity contribution is 6.17. The van der Waals surface area contributed by atoms with Crippen LogP contribution in [-0.2, 0) is 5.88 Å². The van der Waals surface area contributed by atoms with Crippen molar-refractivity contribution in [2.24, 2.45) is 0 Å². The standard InChI is InChI=1S/C12H10ClF2NO/c13-6-8-5-11(17-7-12(14)15)9-3-1-2-4-10(9)16-8/h1-5,12H,6-7H2. The van der Waals surface area contributed by atoms with Crippen LogP contribution in [0.25, 0.3) is 10.9 Å². The minimum absolute atomic E-state index is 0.218. The summed E-state index contributed by atoms with van der Waals surface area (Å²) in [5.41, 5.74) is 1.30. The van der Waals surface area contributed by atoms with Crippen LogP contribution in [0, 0.1) is 0 Å². The van der Waals surface area contributed by atoms with E-state index in [1.165, 1.54) is 0 Å². The van der Waals surface area contributed by atoms with Crippen molar-refractivity contribution in [3.63, 3.8) is 0 Å². The number of aromatic nitrogens is 1. The Kier molecular flexibility index (Phi) is 3.74. The van der Waals surface area contributed by atoms with E-state index in [0.29, 0.717) is 22.3 Å². The molecule has 0 aliphatic rings. The molecule has 0 unspecified atom stereocenters. The fourth-order valence-corrected chi connectivity index (χ4v) is 1.67. The van der Waals surface area contributed by atoms with Crippen LogP contribution in [0.2, 0.25) is 0 Å². The van der Waals surface area contributed by atoms with Gasteiger partial charge in [0.05, 0.1) is 17.1 Å². The third kappa shape index (κ3) is 2.82. The van der Waals surface area contributed by atoms with Crippen molar-refractivity contribution in [2.75, 3.05) is 6.61 Å². The van der Waals surface area contributed by atoms with E-state index in [4.69, 9.17) is 16.3 Å². The van der Waals surface area contributed by atoms with Crippen LogP contribution < -0.4 is 4.74 Å². The third-order valence-electron chi connectivity index (χ3n) is 2.23. The molecule has 0 saturated heterocycles. The number of ether oxygens (including phenoxy) is 1. The predicted octanol–water partition coefficient (Wildman–Crippen LogP) is 3.62. The summed E-state index contributed by atoms with van der Waals surface area (Å²) in [6.07, 6.45) is -2.50. The Morgan fingerprint density at radius 2 is 2.06 bits per heavy atom. The van der Waals surface area contributed by atoms with Crippen molar-refractivity contribution in [3.05, 3.63) is 36.0 Å². The van der Waals surface area contributed by atoms with Crippen molar-refractivity contribution >= 4 is 22.5 Å². The minimum Gasteiger partial charge on any atom is -0.487 e. The maximum atomic E-state index is 12.1. The van der Waals surface area contributed by atoms with E-state index in [1.54, 1.807) is 24.3 Å². The van der Waals surface area contributed by atoms with Gasteiger partial charge in [0.25, 0.3) is 6.43 Å². The van der Waals surface area contributed by atoms with Crippen LogP contribution >= 0.6 is 11.6 Å². The van der Waals surface area contributed by atoms with Gasteiger partial charge in [0, 0.05) is 11.5 Å². The van der Waals surface area contributed by atoms with Gasteiger partial charge in [-0.25, -0.2) is 8.78 Å².